The van der Waals surface area contributed by atoms with E-state index in [4.69, 9.17) is 4.74 Å². The number of carbonyl (C=O) groups is 1. The number of benzene rings is 2. The van der Waals surface area contributed by atoms with Crippen LogP contribution in [0.4, 0.5) is 0 Å². The van der Waals surface area contributed by atoms with Gasteiger partial charge in [0.15, 0.2) is 6.10 Å². The number of carbonyl (C=O) groups excluding carboxylic acids is 1. The van der Waals surface area contributed by atoms with Crippen LogP contribution in [0.1, 0.15) is 62.9 Å². The molecule has 0 aromatic heterocycles. The van der Waals surface area contributed by atoms with Crippen molar-refractivity contribution in [1.82, 2.24) is 5.32 Å². The van der Waals surface area contributed by atoms with Gasteiger partial charge in [0.1, 0.15) is 5.75 Å². The first-order valence-corrected chi connectivity index (χ1v) is 9.22. The SMILES string of the molecule is Cc1cc(C)cc(OC(C)C(=O)NC(C)c2ccc(C(C)(C)C)cc2)c1. The molecule has 0 saturated heterocycles. The summed E-state index contributed by atoms with van der Waals surface area (Å²) >= 11 is 0. The minimum atomic E-state index is -0.549. The minimum absolute atomic E-state index is 0.0678. The topological polar surface area (TPSA) is 38.3 Å². The number of rotatable bonds is 5. The highest BCUT2D eigenvalue weighted by Crippen LogP contribution is 2.24. The molecule has 3 heteroatoms. The second-order valence-corrected chi connectivity index (χ2v) is 8.19. The van der Waals surface area contributed by atoms with E-state index in [9.17, 15) is 4.79 Å². The lowest BCUT2D eigenvalue weighted by Gasteiger charge is -2.22. The van der Waals surface area contributed by atoms with Crippen molar-refractivity contribution in [2.24, 2.45) is 0 Å². The molecule has 0 radical (unpaired) electrons. The van der Waals surface area contributed by atoms with Crippen molar-refractivity contribution in [2.75, 3.05) is 0 Å². The quantitative estimate of drug-likeness (QED) is 0.798. The number of amides is 1. The van der Waals surface area contributed by atoms with Gasteiger partial charge in [0.2, 0.25) is 0 Å². The highest BCUT2D eigenvalue weighted by Gasteiger charge is 2.19. The fourth-order valence-corrected chi connectivity index (χ4v) is 2.94. The Morgan fingerprint density at radius 2 is 1.50 bits per heavy atom. The fourth-order valence-electron chi connectivity index (χ4n) is 2.94. The van der Waals surface area contributed by atoms with Crippen molar-refractivity contribution in [3.63, 3.8) is 0 Å². The zero-order valence-electron chi connectivity index (χ0n) is 17.0. The molecule has 140 valence electrons. The van der Waals surface area contributed by atoms with Crippen LogP contribution in [0, 0.1) is 13.8 Å². The Morgan fingerprint density at radius 3 is 2.00 bits per heavy atom. The Morgan fingerprint density at radius 1 is 0.962 bits per heavy atom. The van der Waals surface area contributed by atoms with Crippen LogP contribution in [-0.4, -0.2) is 12.0 Å². The number of ether oxygens (including phenoxy) is 1. The summed E-state index contributed by atoms with van der Waals surface area (Å²) < 4.78 is 5.83. The normalized spacial score (nSPS) is 13.8. The predicted molar refractivity (Wildman–Crippen MR) is 108 cm³/mol. The summed E-state index contributed by atoms with van der Waals surface area (Å²) in [5.41, 5.74) is 4.75. The number of hydrogen-bond acceptors (Lipinski definition) is 2. The van der Waals surface area contributed by atoms with Crippen LogP contribution < -0.4 is 10.1 Å². The molecule has 2 unspecified atom stereocenters. The van der Waals surface area contributed by atoms with E-state index in [1.807, 2.05) is 32.9 Å². The number of nitrogens with one attached hydrogen (secondary N) is 1. The standard InChI is InChI=1S/C23H31NO2/c1-15-12-16(2)14-21(13-15)26-18(4)22(25)24-17(3)19-8-10-20(11-9-19)23(5,6)7/h8-14,17-18H,1-7H3,(H,24,25). The molecule has 0 spiro atoms. The summed E-state index contributed by atoms with van der Waals surface area (Å²) in [6.07, 6.45) is -0.549. The molecule has 0 aliphatic carbocycles. The van der Waals surface area contributed by atoms with E-state index in [1.54, 1.807) is 6.92 Å². The zero-order valence-corrected chi connectivity index (χ0v) is 17.0. The third-order valence-corrected chi connectivity index (χ3v) is 4.51. The molecule has 26 heavy (non-hydrogen) atoms. The third-order valence-electron chi connectivity index (χ3n) is 4.51. The summed E-state index contributed by atoms with van der Waals surface area (Å²) in [4.78, 5) is 12.5. The van der Waals surface area contributed by atoms with Gasteiger partial charge < -0.3 is 10.1 Å². The van der Waals surface area contributed by atoms with Gasteiger partial charge in [0, 0.05) is 0 Å². The van der Waals surface area contributed by atoms with E-state index in [1.165, 1.54) is 5.56 Å². The van der Waals surface area contributed by atoms with E-state index in [0.29, 0.717) is 0 Å². The molecule has 0 heterocycles. The summed E-state index contributed by atoms with van der Waals surface area (Å²) in [7, 11) is 0. The zero-order chi connectivity index (χ0) is 19.5. The maximum Gasteiger partial charge on any atom is 0.261 e. The van der Waals surface area contributed by atoms with E-state index in [0.717, 1.165) is 22.4 Å². The number of aryl methyl sites for hydroxylation is 2. The lowest BCUT2D eigenvalue weighted by Crippen LogP contribution is -2.37. The molecule has 2 aromatic carbocycles. The summed E-state index contributed by atoms with van der Waals surface area (Å²) in [6.45, 7) is 14.4. The van der Waals surface area contributed by atoms with Crippen LogP contribution in [0.15, 0.2) is 42.5 Å². The highest BCUT2D eigenvalue weighted by molar-refractivity contribution is 5.81. The second kappa shape index (κ2) is 7.94. The molecule has 3 nitrogen and oxygen atoms in total. The van der Waals surface area contributed by atoms with Gasteiger partial charge in [-0.05, 0) is 67.5 Å². The van der Waals surface area contributed by atoms with Crippen molar-refractivity contribution in [3.05, 3.63) is 64.7 Å². The smallest absolute Gasteiger partial charge is 0.261 e. The van der Waals surface area contributed by atoms with Crippen LogP contribution in [0.2, 0.25) is 0 Å². The molecule has 0 bridgehead atoms. The average Bonchev–Trinajstić information content (AvgIpc) is 2.53. The first-order valence-electron chi connectivity index (χ1n) is 9.22. The van der Waals surface area contributed by atoms with Crippen LogP contribution in [-0.2, 0) is 10.2 Å². The molecule has 2 aromatic rings. The van der Waals surface area contributed by atoms with E-state index >= 15 is 0 Å². The Labute approximate surface area is 157 Å². The van der Waals surface area contributed by atoms with Gasteiger partial charge in [-0.1, -0.05) is 51.1 Å². The maximum atomic E-state index is 12.5. The van der Waals surface area contributed by atoms with Gasteiger partial charge in [-0.15, -0.1) is 0 Å². The van der Waals surface area contributed by atoms with E-state index in [-0.39, 0.29) is 17.4 Å². The minimum Gasteiger partial charge on any atom is -0.481 e. The van der Waals surface area contributed by atoms with Gasteiger partial charge in [0.25, 0.3) is 5.91 Å². The largest absolute Gasteiger partial charge is 0.481 e. The molecule has 1 N–H and O–H groups in total. The first kappa shape index (κ1) is 20.0. The second-order valence-electron chi connectivity index (χ2n) is 8.19. The molecule has 0 aliphatic rings. The Kier molecular flexibility index (Phi) is 6.12. The van der Waals surface area contributed by atoms with Crippen molar-refractivity contribution in [3.8, 4) is 5.75 Å². The summed E-state index contributed by atoms with van der Waals surface area (Å²) in [6, 6.07) is 14.3. The van der Waals surface area contributed by atoms with E-state index in [2.05, 4.69) is 56.4 Å². The Balaban J connectivity index is 1.99. The third kappa shape index (κ3) is 5.35. The monoisotopic (exact) mass is 353 g/mol. The van der Waals surface area contributed by atoms with Crippen molar-refractivity contribution < 1.29 is 9.53 Å². The fraction of sp³-hybridized carbons (Fsp3) is 0.435. The van der Waals surface area contributed by atoms with Gasteiger partial charge in [0.05, 0.1) is 6.04 Å². The molecule has 1 amide bonds. The molecule has 2 atom stereocenters. The van der Waals surface area contributed by atoms with Gasteiger partial charge >= 0.3 is 0 Å². The molecule has 0 fully saturated rings. The first-order chi connectivity index (χ1) is 12.1. The van der Waals surface area contributed by atoms with Gasteiger partial charge in [-0.25, -0.2) is 0 Å². The predicted octanol–water partition coefficient (Wildman–Crippen LogP) is 5.25. The maximum absolute atomic E-state index is 12.5. The molecule has 0 saturated carbocycles. The number of hydrogen-bond donors (Lipinski definition) is 1. The molecular formula is C23H31NO2. The van der Waals surface area contributed by atoms with Crippen molar-refractivity contribution in [1.29, 1.82) is 0 Å². The molecule has 2 rings (SSSR count). The molecule has 0 aliphatic heterocycles. The molecular weight excluding hydrogens is 322 g/mol. The highest BCUT2D eigenvalue weighted by atomic mass is 16.5. The van der Waals surface area contributed by atoms with Gasteiger partial charge in [-0.2, -0.15) is 0 Å². The van der Waals surface area contributed by atoms with Gasteiger partial charge in [-0.3, -0.25) is 4.79 Å². The van der Waals surface area contributed by atoms with Crippen LogP contribution in [0.5, 0.6) is 5.75 Å². The lowest BCUT2D eigenvalue weighted by molar-refractivity contribution is -0.127. The average molecular weight is 354 g/mol. The van der Waals surface area contributed by atoms with E-state index < -0.39 is 6.10 Å². The Bertz CT molecular complexity index is 737. The van der Waals surface area contributed by atoms with Crippen LogP contribution in [0.3, 0.4) is 0 Å². The van der Waals surface area contributed by atoms with Crippen LogP contribution >= 0.6 is 0 Å². The van der Waals surface area contributed by atoms with Crippen molar-refractivity contribution >= 4 is 5.91 Å². The summed E-state index contributed by atoms with van der Waals surface area (Å²) in [5, 5.41) is 3.04. The van der Waals surface area contributed by atoms with Crippen molar-refractivity contribution in [2.45, 2.75) is 66.0 Å². The Hall–Kier alpha value is -2.29. The lowest BCUT2D eigenvalue weighted by atomic mass is 9.86. The summed E-state index contributed by atoms with van der Waals surface area (Å²) in [5.74, 6) is 0.615. The van der Waals surface area contributed by atoms with Crippen LogP contribution in [0.25, 0.3) is 0 Å².